The number of hydrogen-bond acceptors (Lipinski definition) is 5. The van der Waals surface area contributed by atoms with Gasteiger partial charge in [-0.2, -0.15) is 0 Å². The summed E-state index contributed by atoms with van der Waals surface area (Å²) in [4.78, 5) is 19.7. The first-order chi connectivity index (χ1) is 12.7. The smallest absolute Gasteiger partial charge is 0.261 e. The van der Waals surface area contributed by atoms with Gasteiger partial charge in [-0.1, -0.05) is 6.07 Å². The molecule has 26 heavy (non-hydrogen) atoms. The molecule has 1 aliphatic rings. The van der Waals surface area contributed by atoms with Crippen molar-refractivity contribution in [2.75, 3.05) is 52.5 Å². The van der Waals surface area contributed by atoms with Gasteiger partial charge < -0.3 is 20.7 Å². The number of aliphatic imine (C=N–C) groups is 1. The van der Waals surface area contributed by atoms with E-state index in [1.54, 1.807) is 0 Å². The Morgan fingerprint density at radius 3 is 2.77 bits per heavy atom. The Bertz CT molecular complexity index is 544. The first-order valence-corrected chi connectivity index (χ1v) is 10.2. The average molecular weight is 382 g/mol. The molecule has 2 rings (SSSR count). The molecule has 0 spiro atoms. The van der Waals surface area contributed by atoms with Gasteiger partial charge in [-0.25, -0.2) is 0 Å². The Hall–Kier alpha value is -1.64. The molecule has 2 heterocycles. The van der Waals surface area contributed by atoms with Crippen LogP contribution in [0.2, 0.25) is 0 Å². The van der Waals surface area contributed by atoms with Crippen LogP contribution in [0.15, 0.2) is 22.5 Å². The van der Waals surface area contributed by atoms with Crippen molar-refractivity contribution in [2.24, 2.45) is 4.99 Å². The van der Waals surface area contributed by atoms with Crippen molar-refractivity contribution >= 4 is 23.2 Å². The number of ether oxygens (including phenoxy) is 1. The van der Waals surface area contributed by atoms with Gasteiger partial charge in [0.1, 0.15) is 0 Å². The molecule has 1 aromatic rings. The lowest BCUT2D eigenvalue weighted by Crippen LogP contribution is -2.44. The van der Waals surface area contributed by atoms with Crippen molar-refractivity contribution < 1.29 is 9.53 Å². The highest BCUT2D eigenvalue weighted by Gasteiger charge is 2.16. The van der Waals surface area contributed by atoms with Gasteiger partial charge in [0.05, 0.1) is 24.6 Å². The van der Waals surface area contributed by atoms with E-state index in [4.69, 9.17) is 4.74 Å². The van der Waals surface area contributed by atoms with Gasteiger partial charge in [0, 0.05) is 38.8 Å². The molecule has 1 saturated heterocycles. The lowest BCUT2D eigenvalue weighted by Gasteiger charge is -2.31. The van der Waals surface area contributed by atoms with E-state index in [1.807, 2.05) is 17.5 Å². The number of thiophene rings is 1. The monoisotopic (exact) mass is 381 g/mol. The van der Waals surface area contributed by atoms with Crippen molar-refractivity contribution in [1.29, 1.82) is 0 Å². The number of carbonyl (C=O) groups is 1. The van der Waals surface area contributed by atoms with Crippen LogP contribution >= 0.6 is 11.3 Å². The Morgan fingerprint density at radius 2 is 2.08 bits per heavy atom. The van der Waals surface area contributed by atoms with Crippen LogP contribution in [0, 0.1) is 0 Å². The quantitative estimate of drug-likeness (QED) is 0.340. The first-order valence-electron chi connectivity index (χ1n) is 9.36. The van der Waals surface area contributed by atoms with Crippen molar-refractivity contribution in [2.45, 2.75) is 26.3 Å². The zero-order valence-corrected chi connectivity index (χ0v) is 16.6. The fourth-order valence-electron chi connectivity index (χ4n) is 2.69. The summed E-state index contributed by atoms with van der Waals surface area (Å²) in [5, 5.41) is 11.5. The van der Waals surface area contributed by atoms with Crippen LogP contribution in [0.5, 0.6) is 0 Å². The normalized spacial score (nSPS) is 16.9. The van der Waals surface area contributed by atoms with Gasteiger partial charge in [-0.3, -0.25) is 14.7 Å². The summed E-state index contributed by atoms with van der Waals surface area (Å²) in [6.07, 6.45) is 0.848. The molecule has 1 aromatic heterocycles. The molecule has 0 radical (unpaired) electrons. The van der Waals surface area contributed by atoms with E-state index in [-0.39, 0.29) is 5.91 Å². The Kier molecular flexibility index (Phi) is 9.44. The van der Waals surface area contributed by atoms with Crippen molar-refractivity contribution in [3.63, 3.8) is 0 Å². The lowest BCUT2D eigenvalue weighted by atomic mass is 10.2. The summed E-state index contributed by atoms with van der Waals surface area (Å²) >= 11 is 1.46. The molecule has 7 nitrogen and oxygen atoms in total. The molecule has 8 heteroatoms. The van der Waals surface area contributed by atoms with Gasteiger partial charge in [-0.05, 0) is 31.7 Å². The second kappa shape index (κ2) is 11.9. The number of nitrogens with one attached hydrogen (secondary N) is 3. The summed E-state index contributed by atoms with van der Waals surface area (Å²) in [5.74, 6) is 0.831. The Morgan fingerprint density at radius 1 is 1.31 bits per heavy atom. The summed E-state index contributed by atoms with van der Waals surface area (Å²) in [7, 11) is 0. The van der Waals surface area contributed by atoms with Crippen molar-refractivity contribution in [3.05, 3.63) is 22.4 Å². The van der Waals surface area contributed by atoms with Crippen LogP contribution in [0.25, 0.3) is 0 Å². The minimum atomic E-state index is -0.0000836. The molecule has 1 unspecified atom stereocenters. The second-order valence-electron chi connectivity index (χ2n) is 6.23. The number of hydrogen-bond donors (Lipinski definition) is 3. The van der Waals surface area contributed by atoms with E-state index < -0.39 is 0 Å². The zero-order chi connectivity index (χ0) is 18.6. The predicted molar refractivity (Wildman–Crippen MR) is 107 cm³/mol. The highest BCUT2D eigenvalue weighted by molar-refractivity contribution is 7.12. The van der Waals surface area contributed by atoms with Gasteiger partial charge >= 0.3 is 0 Å². The molecular weight excluding hydrogens is 350 g/mol. The lowest BCUT2D eigenvalue weighted by molar-refractivity contribution is 0.0220. The molecule has 3 N–H and O–H groups in total. The number of nitrogens with zero attached hydrogens (tertiary/aromatic N) is 2. The molecule has 0 saturated carbocycles. The number of rotatable bonds is 9. The molecule has 1 aliphatic heterocycles. The van der Waals surface area contributed by atoms with Crippen LogP contribution in [0.4, 0.5) is 0 Å². The van der Waals surface area contributed by atoms with E-state index in [0.29, 0.717) is 12.6 Å². The summed E-state index contributed by atoms with van der Waals surface area (Å²) in [6.45, 7) is 10.8. The topological polar surface area (TPSA) is 78.0 Å². The van der Waals surface area contributed by atoms with Crippen LogP contribution in [0.1, 0.15) is 29.9 Å². The predicted octanol–water partition coefficient (Wildman–Crippen LogP) is 1.14. The zero-order valence-electron chi connectivity index (χ0n) is 15.8. The van der Waals surface area contributed by atoms with Gasteiger partial charge in [0.2, 0.25) is 0 Å². The van der Waals surface area contributed by atoms with Gasteiger partial charge in [0.15, 0.2) is 5.96 Å². The van der Waals surface area contributed by atoms with Crippen LogP contribution in [-0.4, -0.2) is 75.3 Å². The molecule has 1 amide bonds. The largest absolute Gasteiger partial charge is 0.379 e. The Labute approximate surface area is 160 Å². The minimum absolute atomic E-state index is 0.0000836. The van der Waals surface area contributed by atoms with Gasteiger partial charge in [0.25, 0.3) is 5.91 Å². The molecule has 1 atom stereocenters. The fraction of sp³-hybridized carbons (Fsp3) is 0.667. The summed E-state index contributed by atoms with van der Waals surface area (Å²) < 4.78 is 5.40. The Balaban J connectivity index is 1.65. The highest BCUT2D eigenvalue weighted by Crippen LogP contribution is 2.07. The van der Waals surface area contributed by atoms with E-state index in [2.05, 4.69) is 39.7 Å². The number of amides is 1. The maximum atomic E-state index is 11.9. The van der Waals surface area contributed by atoms with E-state index in [1.165, 1.54) is 11.3 Å². The second-order valence-corrected chi connectivity index (χ2v) is 7.18. The number of guanidine groups is 1. The number of morpholine rings is 1. The van der Waals surface area contributed by atoms with E-state index in [9.17, 15) is 4.79 Å². The van der Waals surface area contributed by atoms with Crippen LogP contribution in [-0.2, 0) is 4.74 Å². The number of carbonyl (C=O) groups excluding carboxylic acids is 1. The third-order valence-electron chi connectivity index (χ3n) is 4.20. The van der Waals surface area contributed by atoms with Gasteiger partial charge in [-0.15, -0.1) is 11.3 Å². The minimum Gasteiger partial charge on any atom is -0.379 e. The molecule has 146 valence electrons. The van der Waals surface area contributed by atoms with E-state index in [0.717, 1.165) is 63.2 Å². The first kappa shape index (κ1) is 20.7. The van der Waals surface area contributed by atoms with Crippen molar-refractivity contribution in [3.8, 4) is 0 Å². The molecule has 0 aliphatic carbocycles. The fourth-order valence-corrected chi connectivity index (χ4v) is 3.33. The molecule has 0 aromatic carbocycles. The maximum absolute atomic E-state index is 11.9. The molecule has 1 fully saturated rings. The van der Waals surface area contributed by atoms with E-state index >= 15 is 0 Å². The third kappa shape index (κ3) is 7.31. The van der Waals surface area contributed by atoms with Crippen LogP contribution < -0.4 is 16.0 Å². The standard InChI is InChI=1S/C18H31N5O2S/c1-3-19-18(22-14-15(2)23-9-11-25-12-10-23)21-8-5-7-20-17(24)16-6-4-13-26-16/h4,6,13,15H,3,5,7-12,14H2,1-2H3,(H,20,24)(H2,19,21,22). The average Bonchev–Trinajstić information content (AvgIpc) is 3.21. The molecular formula is C18H31N5O2S. The van der Waals surface area contributed by atoms with Crippen molar-refractivity contribution in [1.82, 2.24) is 20.9 Å². The summed E-state index contributed by atoms with van der Waals surface area (Å²) in [5.41, 5.74) is 0. The maximum Gasteiger partial charge on any atom is 0.261 e. The molecule has 0 bridgehead atoms. The highest BCUT2D eigenvalue weighted by atomic mass is 32.1. The summed E-state index contributed by atoms with van der Waals surface area (Å²) in [6, 6.07) is 4.13. The third-order valence-corrected chi connectivity index (χ3v) is 5.07. The van der Waals surface area contributed by atoms with Crippen LogP contribution in [0.3, 0.4) is 0 Å². The SMILES string of the molecule is CCNC(=NCC(C)N1CCOCC1)NCCCNC(=O)c1cccs1.